The van der Waals surface area contributed by atoms with Crippen molar-refractivity contribution in [1.82, 2.24) is 14.3 Å². The number of nitrogens with one attached hydrogen (secondary N) is 3. The van der Waals surface area contributed by atoms with Crippen molar-refractivity contribution >= 4 is 54.8 Å². The maximum absolute atomic E-state index is 14.1. The lowest BCUT2D eigenvalue weighted by Crippen LogP contribution is -2.43. The van der Waals surface area contributed by atoms with Crippen LogP contribution in [-0.2, 0) is 10.0 Å². The Balaban J connectivity index is 1.11. The Bertz CT molecular complexity index is 1730. The molecule has 41 heavy (non-hydrogen) atoms. The first-order valence-electron chi connectivity index (χ1n) is 13.0. The van der Waals surface area contributed by atoms with Gasteiger partial charge in [-0.25, -0.2) is 26.5 Å². The highest BCUT2D eigenvalue weighted by molar-refractivity contribution is 7.89. The smallest absolute Gasteiger partial charge is 0.214 e. The molecule has 5 rings (SSSR count). The molecular formula is C27H28F2N6O4S2. The number of hydrogen-bond acceptors (Lipinski definition) is 9. The van der Waals surface area contributed by atoms with Gasteiger partial charge < -0.3 is 21.4 Å². The molecule has 1 aliphatic rings. The molecule has 0 aliphatic carbocycles. The number of sulfonamides is 1. The normalized spacial score (nSPS) is 14.8. The summed E-state index contributed by atoms with van der Waals surface area (Å²) in [5.41, 5.74) is 5.77. The number of para-hydroxylation sites is 1. The summed E-state index contributed by atoms with van der Waals surface area (Å²) in [5, 5.41) is 7.16. The first-order chi connectivity index (χ1) is 19.6. The van der Waals surface area contributed by atoms with Crippen LogP contribution in [0.3, 0.4) is 0 Å². The van der Waals surface area contributed by atoms with Crippen LogP contribution in [0.25, 0.3) is 10.9 Å². The highest BCUT2D eigenvalue weighted by Crippen LogP contribution is 2.30. The van der Waals surface area contributed by atoms with Crippen molar-refractivity contribution in [1.29, 1.82) is 0 Å². The number of H-pyrrole nitrogens is 1. The van der Waals surface area contributed by atoms with Crippen LogP contribution in [0.15, 0.2) is 53.3 Å². The van der Waals surface area contributed by atoms with Gasteiger partial charge in [-0.05, 0) is 43.5 Å². The minimum absolute atomic E-state index is 0.0446. The third-order valence-electron chi connectivity index (χ3n) is 6.86. The molecule has 1 aliphatic heterocycles. The Kier molecular flexibility index (Phi) is 8.33. The van der Waals surface area contributed by atoms with Gasteiger partial charge in [0.1, 0.15) is 28.1 Å². The molecule has 0 unspecified atom stereocenters. The monoisotopic (exact) mass is 602 g/mol. The van der Waals surface area contributed by atoms with Crippen LogP contribution in [0.5, 0.6) is 0 Å². The average molecular weight is 603 g/mol. The maximum Gasteiger partial charge on any atom is 0.214 e. The van der Waals surface area contributed by atoms with E-state index in [9.17, 15) is 26.8 Å². The molecule has 5 N–H and O–H groups in total. The number of piperidine rings is 1. The molecule has 3 heterocycles. The van der Waals surface area contributed by atoms with Crippen LogP contribution in [0.1, 0.15) is 34.5 Å². The number of aromatic nitrogens is 2. The third kappa shape index (κ3) is 6.39. The largest absolute Gasteiger partial charge is 0.382 e. The Hall–Kier alpha value is -3.88. The number of pyridine rings is 1. The molecular weight excluding hydrogens is 574 g/mol. The molecule has 2 aromatic carbocycles. The second-order valence-corrected chi connectivity index (χ2v) is 12.8. The molecule has 10 nitrogen and oxygen atoms in total. The number of nitrogen functional groups attached to an aromatic ring is 1. The van der Waals surface area contributed by atoms with Crippen LogP contribution in [0.2, 0.25) is 0 Å². The Morgan fingerprint density at radius 3 is 2.56 bits per heavy atom. The minimum Gasteiger partial charge on any atom is -0.382 e. The molecule has 0 atom stereocenters. The molecule has 4 aromatic rings. The number of ketones is 1. The van der Waals surface area contributed by atoms with Gasteiger partial charge >= 0.3 is 0 Å². The van der Waals surface area contributed by atoms with Gasteiger partial charge in [0.05, 0.1) is 16.8 Å². The van der Waals surface area contributed by atoms with Crippen molar-refractivity contribution in [2.75, 3.05) is 41.8 Å². The maximum atomic E-state index is 14.1. The molecule has 1 saturated heterocycles. The van der Waals surface area contributed by atoms with Crippen molar-refractivity contribution < 1.29 is 22.0 Å². The summed E-state index contributed by atoms with van der Waals surface area (Å²) in [6, 6.07) is 11.7. The zero-order valence-corrected chi connectivity index (χ0v) is 23.5. The van der Waals surface area contributed by atoms with Gasteiger partial charge in [-0.1, -0.05) is 29.5 Å². The number of hydrogen-bond donors (Lipinski definition) is 4. The van der Waals surface area contributed by atoms with E-state index in [-0.39, 0.29) is 27.9 Å². The van der Waals surface area contributed by atoms with Gasteiger partial charge in [0.25, 0.3) is 0 Å². The molecule has 0 radical (unpaired) electrons. The van der Waals surface area contributed by atoms with Gasteiger partial charge in [-0.3, -0.25) is 9.59 Å². The van der Waals surface area contributed by atoms with Crippen molar-refractivity contribution in [2.45, 2.75) is 25.3 Å². The van der Waals surface area contributed by atoms with E-state index in [2.05, 4.69) is 20.6 Å². The molecule has 0 saturated carbocycles. The molecule has 2 aromatic heterocycles. The summed E-state index contributed by atoms with van der Waals surface area (Å²) in [7, 11) is -3.48. The van der Waals surface area contributed by atoms with Crippen molar-refractivity contribution in [3.63, 3.8) is 0 Å². The number of carbonyl (C=O) groups is 1. The topological polar surface area (TPSA) is 150 Å². The van der Waals surface area contributed by atoms with Crippen LogP contribution >= 0.6 is 11.3 Å². The fourth-order valence-electron chi connectivity index (χ4n) is 4.74. The lowest BCUT2D eigenvalue weighted by molar-refractivity contribution is 0.103. The number of fused-ring (bicyclic) bond motifs is 1. The molecule has 216 valence electrons. The molecule has 1 fully saturated rings. The van der Waals surface area contributed by atoms with Gasteiger partial charge in [-0.2, -0.15) is 0 Å². The summed E-state index contributed by atoms with van der Waals surface area (Å²) >= 11 is 0.902. The van der Waals surface area contributed by atoms with Crippen molar-refractivity contribution in [2.24, 2.45) is 0 Å². The van der Waals surface area contributed by atoms with E-state index in [4.69, 9.17) is 5.73 Å². The van der Waals surface area contributed by atoms with E-state index in [1.165, 1.54) is 16.4 Å². The zero-order chi connectivity index (χ0) is 29.1. The fraction of sp³-hybridized carbons (Fsp3) is 0.296. The fourth-order valence-corrected chi connectivity index (χ4v) is 7.18. The summed E-state index contributed by atoms with van der Waals surface area (Å²) in [4.78, 5) is 32.2. The van der Waals surface area contributed by atoms with E-state index >= 15 is 0 Å². The number of carbonyl (C=O) groups excluding carboxylic acids is 1. The zero-order valence-electron chi connectivity index (χ0n) is 21.8. The molecule has 0 amide bonds. The van der Waals surface area contributed by atoms with Gasteiger partial charge in [-0.15, -0.1) is 0 Å². The Morgan fingerprint density at radius 1 is 1.12 bits per heavy atom. The van der Waals surface area contributed by atoms with Crippen molar-refractivity contribution in [3.8, 4) is 0 Å². The van der Waals surface area contributed by atoms with Crippen LogP contribution < -0.4 is 21.8 Å². The Labute approximate surface area is 238 Å². The highest BCUT2D eigenvalue weighted by Gasteiger charge is 2.29. The summed E-state index contributed by atoms with van der Waals surface area (Å²) < 4.78 is 55.4. The average Bonchev–Trinajstić information content (AvgIpc) is 3.31. The molecule has 14 heteroatoms. The number of aromatic amines is 1. The van der Waals surface area contributed by atoms with Gasteiger partial charge in [0, 0.05) is 37.1 Å². The number of anilines is 3. The molecule has 0 bridgehead atoms. The summed E-state index contributed by atoms with van der Waals surface area (Å²) in [6.07, 6.45) is 1.36. The van der Waals surface area contributed by atoms with Crippen LogP contribution in [-0.4, -0.2) is 59.9 Å². The SMILES string of the molecule is Nc1nc(NC2CCN(S(=O)(=O)CCCNc3cc(=O)c4ccccc4[nH]3)CC2)sc1C(=O)c1c(F)cccc1F. The summed E-state index contributed by atoms with van der Waals surface area (Å²) in [6.45, 7) is 0.978. The Morgan fingerprint density at radius 2 is 1.83 bits per heavy atom. The highest BCUT2D eigenvalue weighted by atomic mass is 32.2. The second kappa shape index (κ2) is 11.9. The number of halogens is 2. The first kappa shape index (κ1) is 28.6. The lowest BCUT2D eigenvalue weighted by atomic mass is 10.1. The van der Waals surface area contributed by atoms with E-state index in [0.29, 0.717) is 60.7 Å². The lowest BCUT2D eigenvalue weighted by Gasteiger charge is -2.31. The van der Waals surface area contributed by atoms with E-state index in [1.54, 1.807) is 18.2 Å². The number of benzene rings is 2. The quantitative estimate of drug-likeness (QED) is 0.158. The number of rotatable bonds is 10. The predicted molar refractivity (Wildman–Crippen MR) is 156 cm³/mol. The van der Waals surface area contributed by atoms with Gasteiger partial charge in [0.2, 0.25) is 15.8 Å². The van der Waals surface area contributed by atoms with E-state index in [0.717, 1.165) is 23.5 Å². The third-order valence-corrected chi connectivity index (χ3v) is 9.81. The van der Waals surface area contributed by atoms with Gasteiger partial charge in [0.15, 0.2) is 10.6 Å². The second-order valence-electron chi connectivity index (χ2n) is 9.67. The van der Waals surface area contributed by atoms with Crippen molar-refractivity contribution in [3.05, 3.63) is 80.8 Å². The minimum atomic E-state index is -3.48. The number of nitrogens with zero attached hydrogens (tertiary/aromatic N) is 2. The predicted octanol–water partition coefficient (Wildman–Crippen LogP) is 3.78. The summed E-state index contributed by atoms with van der Waals surface area (Å²) in [5.74, 6) is -2.49. The number of nitrogens with two attached hydrogens (primary N) is 1. The van der Waals surface area contributed by atoms with E-state index < -0.39 is 33.0 Å². The number of thiazole rings is 1. The van der Waals surface area contributed by atoms with Crippen LogP contribution in [0, 0.1) is 11.6 Å². The first-order valence-corrected chi connectivity index (χ1v) is 15.4. The van der Waals surface area contributed by atoms with E-state index in [1.807, 2.05) is 6.07 Å². The molecule has 0 spiro atoms. The standard InChI is InChI=1S/C27H28F2N6O4S2/c28-18-6-3-7-19(29)23(18)24(37)25-26(30)34-27(40-25)32-16-9-12-35(13-10-16)41(38,39)14-4-11-31-22-15-21(36)17-5-1-2-8-20(17)33-22/h1-3,5-8,15-16H,4,9-14,30H2,(H,32,34)(H2,31,33,36). The van der Waals surface area contributed by atoms with Crippen LogP contribution in [0.4, 0.5) is 25.5 Å².